The first kappa shape index (κ1) is 11.5. The quantitative estimate of drug-likeness (QED) is 0.605. The average Bonchev–Trinajstić information content (AvgIpc) is 2.01. The molecule has 1 atom stereocenters. The number of rotatable bonds is 5. The van der Waals surface area contributed by atoms with E-state index in [1.807, 2.05) is 20.8 Å². The molecule has 0 bridgehead atoms. The van der Waals surface area contributed by atoms with E-state index >= 15 is 0 Å². The zero-order valence-corrected chi connectivity index (χ0v) is 8.28. The van der Waals surface area contributed by atoms with Crippen LogP contribution in [0.1, 0.15) is 33.6 Å². The second kappa shape index (κ2) is 6.05. The van der Waals surface area contributed by atoms with Crippen molar-refractivity contribution in [2.75, 3.05) is 13.1 Å². The van der Waals surface area contributed by atoms with Gasteiger partial charge in [0, 0.05) is 13.0 Å². The lowest BCUT2D eigenvalue weighted by atomic mass is 10.0. The summed E-state index contributed by atoms with van der Waals surface area (Å²) in [7, 11) is 0. The summed E-state index contributed by atoms with van der Waals surface area (Å²) in [5, 5.41) is 12.9. The van der Waals surface area contributed by atoms with Gasteiger partial charge in [-0.25, -0.2) is 0 Å². The van der Waals surface area contributed by atoms with E-state index in [-0.39, 0.29) is 0 Å². The highest BCUT2D eigenvalue weighted by atomic mass is 16.3. The molecule has 0 aliphatic rings. The number of nitrogens with one attached hydrogen (secondary N) is 1. The minimum atomic E-state index is -0.611. The van der Waals surface area contributed by atoms with Crippen LogP contribution in [0.3, 0.4) is 0 Å². The zero-order chi connectivity index (χ0) is 9.45. The molecule has 0 heterocycles. The molecule has 2 nitrogen and oxygen atoms in total. The molecule has 2 N–H and O–H groups in total. The molecule has 1 unspecified atom stereocenters. The molecule has 70 valence electrons. The topological polar surface area (TPSA) is 32.3 Å². The molecular weight excluding hydrogens is 150 g/mol. The molecule has 0 amide bonds. The molecule has 0 aromatic carbocycles. The van der Waals surface area contributed by atoms with E-state index in [2.05, 4.69) is 17.2 Å². The van der Waals surface area contributed by atoms with E-state index in [4.69, 9.17) is 0 Å². The van der Waals surface area contributed by atoms with Gasteiger partial charge in [0.1, 0.15) is 0 Å². The Bertz CT molecular complexity index is 164. The van der Waals surface area contributed by atoms with Gasteiger partial charge in [0.2, 0.25) is 0 Å². The Labute approximate surface area is 75.4 Å². The minimum absolute atomic E-state index is 0.611. The first-order valence-electron chi connectivity index (χ1n) is 4.45. The molecule has 0 fully saturated rings. The second-order valence-corrected chi connectivity index (χ2v) is 3.20. The van der Waals surface area contributed by atoms with Gasteiger partial charge >= 0.3 is 0 Å². The number of hydrogen-bond donors (Lipinski definition) is 2. The third kappa shape index (κ3) is 6.21. The van der Waals surface area contributed by atoms with Gasteiger partial charge in [-0.3, -0.25) is 0 Å². The lowest BCUT2D eigenvalue weighted by Crippen LogP contribution is -2.37. The summed E-state index contributed by atoms with van der Waals surface area (Å²) in [6.45, 7) is 7.23. The van der Waals surface area contributed by atoms with Gasteiger partial charge in [0.25, 0.3) is 0 Å². The van der Waals surface area contributed by atoms with Crippen molar-refractivity contribution in [1.29, 1.82) is 0 Å². The van der Waals surface area contributed by atoms with Crippen molar-refractivity contribution >= 4 is 0 Å². The number of likely N-dealkylation sites (N-methyl/N-ethyl adjacent to an activating group) is 1. The fourth-order valence-electron chi connectivity index (χ4n) is 0.939. The monoisotopic (exact) mass is 169 g/mol. The van der Waals surface area contributed by atoms with Crippen molar-refractivity contribution in [3.05, 3.63) is 0 Å². The van der Waals surface area contributed by atoms with Crippen molar-refractivity contribution in [1.82, 2.24) is 5.32 Å². The van der Waals surface area contributed by atoms with Crippen molar-refractivity contribution < 1.29 is 5.11 Å². The van der Waals surface area contributed by atoms with Gasteiger partial charge in [0.05, 0.1) is 5.60 Å². The molecular formula is C10H19NO. The Morgan fingerprint density at radius 1 is 1.50 bits per heavy atom. The van der Waals surface area contributed by atoms with Gasteiger partial charge in [-0.1, -0.05) is 6.92 Å². The molecule has 0 aromatic heterocycles. The molecule has 0 spiro atoms. The third-order valence-corrected chi connectivity index (χ3v) is 1.72. The number of hydrogen-bond acceptors (Lipinski definition) is 2. The van der Waals surface area contributed by atoms with Crippen LogP contribution in [0.15, 0.2) is 0 Å². The van der Waals surface area contributed by atoms with E-state index in [1.165, 1.54) is 0 Å². The van der Waals surface area contributed by atoms with Gasteiger partial charge < -0.3 is 10.4 Å². The van der Waals surface area contributed by atoms with Crippen molar-refractivity contribution in [3.8, 4) is 11.8 Å². The summed E-state index contributed by atoms with van der Waals surface area (Å²) in [5.74, 6) is 5.76. The molecule has 0 saturated carbocycles. The van der Waals surface area contributed by atoms with Gasteiger partial charge in [-0.15, -0.1) is 11.8 Å². The predicted octanol–water partition coefficient (Wildman–Crippen LogP) is 1.15. The average molecular weight is 169 g/mol. The highest BCUT2D eigenvalue weighted by Gasteiger charge is 2.17. The van der Waals surface area contributed by atoms with Gasteiger partial charge in [-0.05, 0) is 26.8 Å². The van der Waals surface area contributed by atoms with Crippen LogP contribution in [0, 0.1) is 11.8 Å². The Morgan fingerprint density at radius 3 is 2.67 bits per heavy atom. The van der Waals surface area contributed by atoms with Crippen molar-refractivity contribution in [3.63, 3.8) is 0 Å². The van der Waals surface area contributed by atoms with E-state index in [9.17, 15) is 5.11 Å². The van der Waals surface area contributed by atoms with E-state index in [0.29, 0.717) is 6.54 Å². The maximum absolute atomic E-state index is 9.74. The van der Waals surface area contributed by atoms with E-state index in [0.717, 1.165) is 19.4 Å². The van der Waals surface area contributed by atoms with Crippen molar-refractivity contribution in [2.45, 2.75) is 39.2 Å². The van der Waals surface area contributed by atoms with Crippen LogP contribution in [0.4, 0.5) is 0 Å². The highest BCUT2D eigenvalue weighted by Crippen LogP contribution is 2.09. The first-order chi connectivity index (χ1) is 5.62. The summed E-state index contributed by atoms with van der Waals surface area (Å²) in [5.41, 5.74) is -0.611. The minimum Gasteiger partial charge on any atom is -0.389 e. The SMILES string of the molecule is CC#CCCC(C)(O)CNCC. The lowest BCUT2D eigenvalue weighted by Gasteiger charge is -2.22. The standard InChI is InChI=1S/C10H19NO/c1-4-6-7-8-10(3,12)9-11-5-2/h11-12H,5,7-9H2,1-3H3. The third-order valence-electron chi connectivity index (χ3n) is 1.72. The fourth-order valence-corrected chi connectivity index (χ4v) is 0.939. The van der Waals surface area contributed by atoms with Crippen molar-refractivity contribution in [2.24, 2.45) is 0 Å². The largest absolute Gasteiger partial charge is 0.389 e. The maximum atomic E-state index is 9.74. The molecule has 0 aromatic rings. The van der Waals surface area contributed by atoms with Crippen LogP contribution < -0.4 is 5.32 Å². The molecule has 0 aliphatic heterocycles. The molecule has 0 aliphatic carbocycles. The summed E-state index contributed by atoms with van der Waals surface area (Å²) >= 11 is 0. The smallest absolute Gasteiger partial charge is 0.0752 e. The van der Waals surface area contributed by atoms with Crippen LogP contribution in [-0.4, -0.2) is 23.8 Å². The second-order valence-electron chi connectivity index (χ2n) is 3.20. The van der Waals surface area contributed by atoms with Gasteiger partial charge in [0.15, 0.2) is 0 Å². The van der Waals surface area contributed by atoms with Crippen LogP contribution in [0.2, 0.25) is 0 Å². The molecule has 0 saturated heterocycles. The Morgan fingerprint density at radius 2 is 2.17 bits per heavy atom. The normalized spacial score (nSPS) is 14.7. The summed E-state index contributed by atoms with van der Waals surface area (Å²) in [6.07, 6.45) is 1.51. The Kier molecular flexibility index (Phi) is 5.79. The van der Waals surface area contributed by atoms with Crippen LogP contribution >= 0.6 is 0 Å². The van der Waals surface area contributed by atoms with Crippen LogP contribution in [0.25, 0.3) is 0 Å². The lowest BCUT2D eigenvalue weighted by molar-refractivity contribution is 0.0529. The van der Waals surface area contributed by atoms with Crippen LogP contribution in [-0.2, 0) is 0 Å². The highest BCUT2D eigenvalue weighted by molar-refractivity contribution is 4.96. The zero-order valence-electron chi connectivity index (χ0n) is 8.28. The van der Waals surface area contributed by atoms with E-state index in [1.54, 1.807) is 0 Å². The van der Waals surface area contributed by atoms with Crippen LogP contribution in [0.5, 0.6) is 0 Å². The Balaban J connectivity index is 3.60. The maximum Gasteiger partial charge on any atom is 0.0752 e. The molecule has 2 heteroatoms. The molecule has 0 radical (unpaired) electrons. The number of aliphatic hydroxyl groups is 1. The predicted molar refractivity (Wildman–Crippen MR) is 51.9 cm³/mol. The summed E-state index contributed by atoms with van der Waals surface area (Å²) in [6, 6.07) is 0. The first-order valence-corrected chi connectivity index (χ1v) is 4.45. The molecule has 12 heavy (non-hydrogen) atoms. The van der Waals surface area contributed by atoms with Gasteiger partial charge in [-0.2, -0.15) is 0 Å². The summed E-state index contributed by atoms with van der Waals surface area (Å²) < 4.78 is 0. The fraction of sp³-hybridized carbons (Fsp3) is 0.800. The van der Waals surface area contributed by atoms with E-state index < -0.39 is 5.60 Å². The molecule has 0 rings (SSSR count). The summed E-state index contributed by atoms with van der Waals surface area (Å²) in [4.78, 5) is 0. The Hall–Kier alpha value is -0.520.